The topological polar surface area (TPSA) is 30.5 Å². The molecule has 1 aliphatic rings. The molecular weight excluding hydrogens is 214 g/mol. The molecule has 0 spiro atoms. The van der Waals surface area contributed by atoms with Crippen LogP contribution in [-0.4, -0.2) is 38.0 Å². The Kier molecular flexibility index (Phi) is 5.90. The van der Waals surface area contributed by atoms with E-state index in [1.54, 1.807) is 7.11 Å². The largest absolute Gasteiger partial charge is 0.382 e. The van der Waals surface area contributed by atoms with Crippen molar-refractivity contribution in [2.75, 3.05) is 26.9 Å². The lowest BCUT2D eigenvalue weighted by atomic mass is 9.84. The van der Waals surface area contributed by atoms with Gasteiger partial charge in [0.05, 0.1) is 18.8 Å². The van der Waals surface area contributed by atoms with Crippen LogP contribution in [0.4, 0.5) is 0 Å². The van der Waals surface area contributed by atoms with Gasteiger partial charge in [-0.1, -0.05) is 19.3 Å². The maximum Gasteiger partial charge on any atom is 0.0807 e. The molecule has 1 saturated carbocycles. The van der Waals surface area contributed by atoms with Gasteiger partial charge in [-0.25, -0.2) is 0 Å². The molecule has 0 bridgehead atoms. The smallest absolute Gasteiger partial charge is 0.0807 e. The molecule has 0 aromatic carbocycles. The Hall–Kier alpha value is -0.120. The van der Waals surface area contributed by atoms with Gasteiger partial charge in [0.1, 0.15) is 0 Å². The highest BCUT2D eigenvalue weighted by atomic mass is 16.5. The summed E-state index contributed by atoms with van der Waals surface area (Å²) in [6, 6.07) is 0. The van der Waals surface area contributed by atoms with Crippen molar-refractivity contribution in [3.63, 3.8) is 0 Å². The van der Waals surface area contributed by atoms with Crippen molar-refractivity contribution < 1.29 is 9.47 Å². The maximum absolute atomic E-state index is 6.12. The second-order valence-corrected chi connectivity index (χ2v) is 6.19. The summed E-state index contributed by atoms with van der Waals surface area (Å²) in [5, 5.41) is 3.59. The first-order chi connectivity index (χ1) is 7.97. The van der Waals surface area contributed by atoms with E-state index in [1.165, 1.54) is 32.1 Å². The van der Waals surface area contributed by atoms with Gasteiger partial charge < -0.3 is 14.8 Å². The van der Waals surface area contributed by atoms with E-state index in [0.29, 0.717) is 13.2 Å². The van der Waals surface area contributed by atoms with E-state index in [2.05, 4.69) is 26.1 Å². The third-order valence-electron chi connectivity index (χ3n) is 3.40. The average Bonchev–Trinajstić information content (AvgIpc) is 2.28. The van der Waals surface area contributed by atoms with Crippen LogP contribution in [0.5, 0.6) is 0 Å². The lowest BCUT2D eigenvalue weighted by Crippen LogP contribution is -2.50. The second kappa shape index (κ2) is 6.72. The summed E-state index contributed by atoms with van der Waals surface area (Å²) in [7, 11) is 1.73. The van der Waals surface area contributed by atoms with Crippen molar-refractivity contribution in [1.82, 2.24) is 5.32 Å². The zero-order valence-corrected chi connectivity index (χ0v) is 12.0. The minimum atomic E-state index is 0.0457. The summed E-state index contributed by atoms with van der Waals surface area (Å²) in [4.78, 5) is 0. The molecular formula is C14H29NO2. The third kappa shape index (κ3) is 5.84. The van der Waals surface area contributed by atoms with Crippen molar-refractivity contribution in [2.24, 2.45) is 0 Å². The average molecular weight is 243 g/mol. The highest BCUT2D eigenvalue weighted by Gasteiger charge is 2.33. The van der Waals surface area contributed by atoms with Gasteiger partial charge >= 0.3 is 0 Å². The second-order valence-electron chi connectivity index (χ2n) is 6.19. The number of hydrogen-bond acceptors (Lipinski definition) is 3. The summed E-state index contributed by atoms with van der Waals surface area (Å²) in [6.07, 6.45) is 6.29. The van der Waals surface area contributed by atoms with Crippen LogP contribution < -0.4 is 5.32 Å². The van der Waals surface area contributed by atoms with Crippen LogP contribution in [-0.2, 0) is 9.47 Å². The van der Waals surface area contributed by atoms with E-state index in [4.69, 9.17) is 9.47 Å². The molecule has 17 heavy (non-hydrogen) atoms. The van der Waals surface area contributed by atoms with Gasteiger partial charge in [-0.05, 0) is 33.6 Å². The van der Waals surface area contributed by atoms with Crippen molar-refractivity contribution >= 4 is 0 Å². The van der Waals surface area contributed by atoms with Crippen LogP contribution in [0, 0.1) is 0 Å². The fourth-order valence-corrected chi connectivity index (χ4v) is 2.34. The van der Waals surface area contributed by atoms with Crippen LogP contribution in [0.1, 0.15) is 52.9 Å². The molecule has 0 atom stereocenters. The highest BCUT2D eigenvalue weighted by Crippen LogP contribution is 2.31. The standard InChI is InChI=1S/C14H29NO2/c1-13(2,3)15-12-14(17-11-10-16-4)8-6-5-7-9-14/h15H,5-12H2,1-4H3. The SMILES string of the molecule is COCCOC1(CNC(C)(C)C)CCCCC1. The van der Waals surface area contributed by atoms with E-state index in [-0.39, 0.29) is 11.1 Å². The molecule has 0 saturated heterocycles. The fraction of sp³-hybridized carbons (Fsp3) is 1.00. The van der Waals surface area contributed by atoms with Crippen LogP contribution in [0.3, 0.4) is 0 Å². The highest BCUT2D eigenvalue weighted by molar-refractivity contribution is 4.89. The molecule has 0 heterocycles. The number of methoxy groups -OCH3 is 1. The minimum Gasteiger partial charge on any atom is -0.382 e. The first kappa shape index (κ1) is 14.9. The number of hydrogen-bond donors (Lipinski definition) is 1. The molecule has 0 radical (unpaired) electrons. The van der Waals surface area contributed by atoms with Gasteiger partial charge in [-0.2, -0.15) is 0 Å². The quantitative estimate of drug-likeness (QED) is 0.728. The summed E-state index contributed by atoms with van der Waals surface area (Å²) in [5.74, 6) is 0. The van der Waals surface area contributed by atoms with Crippen molar-refractivity contribution in [2.45, 2.75) is 64.0 Å². The molecule has 0 aromatic heterocycles. The fourth-order valence-electron chi connectivity index (χ4n) is 2.34. The van der Waals surface area contributed by atoms with E-state index in [0.717, 1.165) is 6.54 Å². The van der Waals surface area contributed by atoms with E-state index < -0.39 is 0 Å². The van der Waals surface area contributed by atoms with E-state index in [1.807, 2.05) is 0 Å². The predicted molar refractivity (Wildman–Crippen MR) is 71.4 cm³/mol. The number of ether oxygens (including phenoxy) is 2. The van der Waals surface area contributed by atoms with Gasteiger partial charge in [0.15, 0.2) is 0 Å². The predicted octanol–water partition coefficient (Wildman–Crippen LogP) is 2.74. The Balaban J connectivity index is 2.46. The zero-order chi connectivity index (χ0) is 12.8. The Bertz CT molecular complexity index is 205. The minimum absolute atomic E-state index is 0.0457. The molecule has 0 amide bonds. The van der Waals surface area contributed by atoms with Gasteiger partial charge in [-0.3, -0.25) is 0 Å². The zero-order valence-electron chi connectivity index (χ0n) is 12.0. The van der Waals surface area contributed by atoms with Crippen LogP contribution in [0.2, 0.25) is 0 Å². The van der Waals surface area contributed by atoms with Crippen LogP contribution >= 0.6 is 0 Å². The Morgan fingerprint density at radius 2 is 1.71 bits per heavy atom. The molecule has 1 rings (SSSR count). The van der Waals surface area contributed by atoms with E-state index >= 15 is 0 Å². The number of rotatable bonds is 6. The van der Waals surface area contributed by atoms with Crippen molar-refractivity contribution in [3.05, 3.63) is 0 Å². The molecule has 3 nitrogen and oxygen atoms in total. The molecule has 1 fully saturated rings. The van der Waals surface area contributed by atoms with Crippen molar-refractivity contribution in [1.29, 1.82) is 0 Å². The summed E-state index contributed by atoms with van der Waals surface area (Å²) in [6.45, 7) is 8.98. The molecule has 3 heteroatoms. The van der Waals surface area contributed by atoms with Crippen molar-refractivity contribution in [3.8, 4) is 0 Å². The first-order valence-corrected chi connectivity index (χ1v) is 6.85. The third-order valence-corrected chi connectivity index (χ3v) is 3.40. The molecule has 0 aliphatic heterocycles. The molecule has 0 aromatic rings. The molecule has 1 N–H and O–H groups in total. The maximum atomic E-state index is 6.12. The lowest BCUT2D eigenvalue weighted by Gasteiger charge is -2.39. The van der Waals surface area contributed by atoms with Gasteiger partial charge in [-0.15, -0.1) is 0 Å². The Morgan fingerprint density at radius 3 is 2.24 bits per heavy atom. The Labute approximate surface area is 106 Å². The molecule has 102 valence electrons. The van der Waals surface area contributed by atoms with Crippen LogP contribution in [0.15, 0.2) is 0 Å². The molecule has 0 unspecified atom stereocenters. The van der Waals surface area contributed by atoms with Crippen LogP contribution in [0.25, 0.3) is 0 Å². The summed E-state index contributed by atoms with van der Waals surface area (Å²) < 4.78 is 11.2. The monoisotopic (exact) mass is 243 g/mol. The molecule has 1 aliphatic carbocycles. The normalized spacial score (nSPS) is 20.5. The van der Waals surface area contributed by atoms with Gasteiger partial charge in [0.25, 0.3) is 0 Å². The lowest BCUT2D eigenvalue weighted by molar-refractivity contribution is -0.0847. The number of nitrogens with one attached hydrogen (secondary N) is 1. The van der Waals surface area contributed by atoms with Gasteiger partial charge in [0, 0.05) is 19.2 Å². The summed E-state index contributed by atoms with van der Waals surface area (Å²) in [5.41, 5.74) is 0.207. The van der Waals surface area contributed by atoms with Gasteiger partial charge in [0.2, 0.25) is 0 Å². The van der Waals surface area contributed by atoms with E-state index in [9.17, 15) is 0 Å². The first-order valence-electron chi connectivity index (χ1n) is 6.85. The summed E-state index contributed by atoms with van der Waals surface area (Å²) >= 11 is 0. The Morgan fingerprint density at radius 1 is 1.06 bits per heavy atom.